The molecule has 2 N–H and O–H groups in total. The molecule has 4 rings (SSSR count). The molecule has 1 amide bonds. The summed E-state index contributed by atoms with van der Waals surface area (Å²) in [5.74, 6) is -0.00778. The Morgan fingerprint density at radius 1 is 1.21 bits per heavy atom. The van der Waals surface area contributed by atoms with Crippen LogP contribution in [0.5, 0.6) is 0 Å². The summed E-state index contributed by atoms with van der Waals surface area (Å²) in [4.78, 5) is 16.2. The molecule has 6 nitrogen and oxygen atoms in total. The molecular formula is C22H27N5O. The minimum absolute atomic E-state index is 0.00778. The summed E-state index contributed by atoms with van der Waals surface area (Å²) >= 11 is 0. The summed E-state index contributed by atoms with van der Waals surface area (Å²) < 4.78 is 2.22. The Morgan fingerprint density at radius 2 is 2.11 bits per heavy atom. The lowest BCUT2D eigenvalue weighted by Gasteiger charge is -2.26. The molecule has 146 valence electrons. The van der Waals surface area contributed by atoms with E-state index in [4.69, 9.17) is 5.10 Å². The molecule has 1 fully saturated rings. The lowest BCUT2D eigenvalue weighted by molar-refractivity contribution is -0.120. The van der Waals surface area contributed by atoms with Gasteiger partial charge in [0.05, 0.1) is 23.7 Å². The van der Waals surface area contributed by atoms with Crippen molar-refractivity contribution in [2.24, 2.45) is 0 Å². The van der Waals surface area contributed by atoms with Crippen molar-refractivity contribution in [2.45, 2.75) is 45.1 Å². The monoisotopic (exact) mass is 377 g/mol. The number of pyridine rings is 1. The van der Waals surface area contributed by atoms with Crippen LogP contribution in [0.15, 0.2) is 42.6 Å². The van der Waals surface area contributed by atoms with E-state index < -0.39 is 0 Å². The Bertz CT molecular complexity index is 946. The third kappa shape index (κ3) is 4.01. The van der Waals surface area contributed by atoms with Gasteiger partial charge in [0, 0.05) is 36.1 Å². The molecule has 1 saturated carbocycles. The smallest absolute Gasteiger partial charge is 0.226 e. The molecule has 28 heavy (non-hydrogen) atoms. The van der Waals surface area contributed by atoms with E-state index in [0.29, 0.717) is 25.6 Å². The number of carbonyl (C=O) groups is 1. The van der Waals surface area contributed by atoms with Gasteiger partial charge in [0.2, 0.25) is 5.91 Å². The van der Waals surface area contributed by atoms with Crippen LogP contribution in [-0.2, 0) is 17.6 Å². The Kier molecular flexibility index (Phi) is 5.55. The van der Waals surface area contributed by atoms with Gasteiger partial charge in [-0.15, -0.1) is 0 Å². The highest BCUT2D eigenvalue weighted by molar-refractivity contribution is 5.85. The van der Waals surface area contributed by atoms with Crippen LogP contribution in [0.2, 0.25) is 0 Å². The first-order valence-electron chi connectivity index (χ1n) is 10.2. The number of benzene rings is 1. The summed E-state index contributed by atoms with van der Waals surface area (Å²) in [6.45, 7) is 3.41. The maximum atomic E-state index is 12.0. The first-order valence-corrected chi connectivity index (χ1v) is 10.2. The van der Waals surface area contributed by atoms with Crippen LogP contribution >= 0.6 is 0 Å². The molecule has 1 aromatic carbocycles. The van der Waals surface area contributed by atoms with Crippen molar-refractivity contribution in [1.29, 1.82) is 0 Å². The van der Waals surface area contributed by atoms with Gasteiger partial charge >= 0.3 is 0 Å². The molecule has 2 heterocycles. The molecular weight excluding hydrogens is 350 g/mol. The molecule has 1 aliphatic carbocycles. The standard InChI is InChI=1S/C22H27N5O/c1-2-20-19-10-9-17(14-21(19)27(26-20)18-7-5-8-18)24-12-13-25-22(28)15-16-6-3-4-11-23-16/h3-4,6,9-11,14,18,24H,2,5,7-8,12-13,15H2,1H3,(H,25,28). The highest BCUT2D eigenvalue weighted by Crippen LogP contribution is 2.35. The second kappa shape index (κ2) is 8.42. The average Bonchev–Trinajstić information content (AvgIpc) is 3.02. The van der Waals surface area contributed by atoms with Gasteiger partial charge in [0.25, 0.3) is 0 Å². The van der Waals surface area contributed by atoms with Crippen LogP contribution in [0.4, 0.5) is 5.69 Å². The molecule has 1 aliphatic rings. The molecule has 0 aliphatic heterocycles. The second-order valence-electron chi connectivity index (χ2n) is 7.34. The van der Waals surface area contributed by atoms with E-state index in [1.165, 1.54) is 35.9 Å². The average molecular weight is 377 g/mol. The van der Waals surface area contributed by atoms with Crippen LogP contribution in [-0.4, -0.2) is 33.8 Å². The van der Waals surface area contributed by atoms with E-state index in [2.05, 4.69) is 45.4 Å². The molecule has 0 bridgehead atoms. The van der Waals surface area contributed by atoms with Crippen molar-refractivity contribution in [2.75, 3.05) is 18.4 Å². The third-order valence-electron chi connectivity index (χ3n) is 5.38. The Balaban J connectivity index is 1.34. The van der Waals surface area contributed by atoms with Crippen LogP contribution in [0, 0.1) is 0 Å². The quantitative estimate of drug-likeness (QED) is 0.590. The van der Waals surface area contributed by atoms with Gasteiger partial charge in [0.15, 0.2) is 0 Å². The Morgan fingerprint density at radius 3 is 2.82 bits per heavy atom. The van der Waals surface area contributed by atoms with Crippen molar-refractivity contribution in [3.63, 3.8) is 0 Å². The molecule has 0 radical (unpaired) electrons. The maximum absolute atomic E-state index is 12.0. The van der Waals surface area contributed by atoms with Crippen molar-refractivity contribution in [3.8, 4) is 0 Å². The number of amides is 1. The largest absolute Gasteiger partial charge is 0.383 e. The number of anilines is 1. The van der Waals surface area contributed by atoms with Gasteiger partial charge in [-0.05, 0) is 56.0 Å². The van der Waals surface area contributed by atoms with Crippen LogP contribution in [0.3, 0.4) is 0 Å². The second-order valence-corrected chi connectivity index (χ2v) is 7.34. The number of carbonyl (C=O) groups excluding carboxylic acids is 1. The fourth-order valence-electron chi connectivity index (χ4n) is 3.62. The predicted octanol–water partition coefficient (Wildman–Crippen LogP) is 3.49. The molecule has 0 unspecified atom stereocenters. The summed E-state index contributed by atoms with van der Waals surface area (Å²) in [6, 6.07) is 12.6. The molecule has 0 spiro atoms. The lowest BCUT2D eigenvalue weighted by atomic mass is 9.93. The zero-order chi connectivity index (χ0) is 19.3. The molecule has 6 heteroatoms. The molecule has 0 atom stereocenters. The van der Waals surface area contributed by atoms with Gasteiger partial charge in [-0.2, -0.15) is 5.10 Å². The summed E-state index contributed by atoms with van der Waals surface area (Å²) in [6.07, 6.45) is 6.71. The van der Waals surface area contributed by atoms with Gasteiger partial charge in [0.1, 0.15) is 0 Å². The summed E-state index contributed by atoms with van der Waals surface area (Å²) in [5.41, 5.74) is 4.24. The van der Waals surface area contributed by atoms with Gasteiger partial charge in [-0.25, -0.2) is 0 Å². The molecule has 3 aromatic rings. The number of nitrogens with zero attached hydrogens (tertiary/aromatic N) is 3. The van der Waals surface area contributed by atoms with E-state index in [1.807, 2.05) is 18.2 Å². The number of fused-ring (bicyclic) bond motifs is 1. The minimum atomic E-state index is -0.00778. The highest BCUT2D eigenvalue weighted by atomic mass is 16.1. The molecule has 0 saturated heterocycles. The van der Waals surface area contributed by atoms with Crippen molar-refractivity contribution < 1.29 is 4.79 Å². The Hall–Kier alpha value is -2.89. The summed E-state index contributed by atoms with van der Waals surface area (Å²) in [5, 5.41) is 12.5. The van der Waals surface area contributed by atoms with E-state index in [-0.39, 0.29) is 5.91 Å². The number of nitrogens with one attached hydrogen (secondary N) is 2. The normalized spacial score (nSPS) is 14.0. The number of rotatable bonds is 8. The fraction of sp³-hybridized carbons (Fsp3) is 0.409. The van der Waals surface area contributed by atoms with E-state index >= 15 is 0 Å². The third-order valence-corrected chi connectivity index (χ3v) is 5.38. The van der Waals surface area contributed by atoms with Crippen molar-refractivity contribution in [3.05, 3.63) is 54.0 Å². The summed E-state index contributed by atoms with van der Waals surface area (Å²) in [7, 11) is 0. The lowest BCUT2D eigenvalue weighted by Crippen LogP contribution is -2.30. The maximum Gasteiger partial charge on any atom is 0.226 e. The minimum Gasteiger partial charge on any atom is -0.383 e. The number of aryl methyl sites for hydroxylation is 1. The zero-order valence-corrected chi connectivity index (χ0v) is 16.3. The van der Waals surface area contributed by atoms with Crippen molar-refractivity contribution >= 4 is 22.5 Å². The SMILES string of the molecule is CCc1nn(C2CCC2)c2cc(NCCNC(=O)Cc3ccccn3)ccc12. The fourth-order valence-corrected chi connectivity index (χ4v) is 3.62. The van der Waals surface area contributed by atoms with Crippen LogP contribution in [0.25, 0.3) is 10.9 Å². The topological polar surface area (TPSA) is 71.8 Å². The van der Waals surface area contributed by atoms with E-state index in [9.17, 15) is 4.79 Å². The Labute approximate surface area is 165 Å². The molecule has 2 aromatic heterocycles. The van der Waals surface area contributed by atoms with E-state index in [1.54, 1.807) is 6.20 Å². The number of aromatic nitrogens is 3. The van der Waals surface area contributed by atoms with Gasteiger partial charge in [-0.1, -0.05) is 13.0 Å². The predicted molar refractivity (Wildman–Crippen MR) is 111 cm³/mol. The van der Waals surface area contributed by atoms with Crippen molar-refractivity contribution in [1.82, 2.24) is 20.1 Å². The first-order chi connectivity index (χ1) is 13.7. The van der Waals surface area contributed by atoms with Gasteiger partial charge in [-0.3, -0.25) is 14.5 Å². The number of hydrogen-bond acceptors (Lipinski definition) is 4. The van der Waals surface area contributed by atoms with Crippen LogP contribution < -0.4 is 10.6 Å². The van der Waals surface area contributed by atoms with E-state index in [0.717, 1.165) is 17.8 Å². The van der Waals surface area contributed by atoms with Gasteiger partial charge < -0.3 is 10.6 Å². The number of hydrogen-bond donors (Lipinski definition) is 2. The highest BCUT2D eigenvalue weighted by Gasteiger charge is 2.23. The first kappa shape index (κ1) is 18.5. The van der Waals surface area contributed by atoms with Crippen LogP contribution in [0.1, 0.15) is 43.6 Å². The zero-order valence-electron chi connectivity index (χ0n) is 16.3.